The molecule has 0 saturated heterocycles. The molecule has 1 aromatic heterocycles. The molecule has 2 atom stereocenters. The number of fused-ring (bicyclic) bond motifs is 7. The molecule has 0 spiro atoms. The number of amides is 2. The number of benzene rings is 4. The molecule has 0 radical (unpaired) electrons. The van der Waals surface area contributed by atoms with Crippen molar-refractivity contribution in [1.29, 1.82) is 0 Å². The second-order valence-electron chi connectivity index (χ2n) is 13.8. The first-order chi connectivity index (χ1) is 27.0. The lowest BCUT2D eigenvalue weighted by atomic mass is 10.0. The molecular weight excluding hydrogens is 744 g/mol. The summed E-state index contributed by atoms with van der Waals surface area (Å²) in [4.78, 5) is 44.6. The van der Waals surface area contributed by atoms with E-state index in [1.165, 1.54) is 19.2 Å². The second kappa shape index (κ2) is 13.6. The van der Waals surface area contributed by atoms with Crippen LogP contribution in [0, 0.1) is 0 Å². The van der Waals surface area contributed by atoms with Gasteiger partial charge in [0, 0.05) is 60.9 Å². The Bertz CT molecular complexity index is 2620. The molecule has 0 fully saturated rings. The van der Waals surface area contributed by atoms with Gasteiger partial charge in [0.15, 0.2) is 11.5 Å². The predicted molar refractivity (Wildman–Crippen MR) is 202 cm³/mol. The van der Waals surface area contributed by atoms with E-state index in [2.05, 4.69) is 14.2 Å². The molecule has 4 aromatic carbocycles. The van der Waals surface area contributed by atoms with Crippen LogP contribution in [0.25, 0.3) is 0 Å². The van der Waals surface area contributed by atoms with E-state index >= 15 is 0 Å². The van der Waals surface area contributed by atoms with E-state index in [1.54, 1.807) is 65.0 Å². The summed E-state index contributed by atoms with van der Waals surface area (Å²) >= 11 is 0. The Hall–Kier alpha value is -6.55. The van der Waals surface area contributed by atoms with Gasteiger partial charge in [0.1, 0.15) is 30.9 Å². The van der Waals surface area contributed by atoms with Crippen LogP contribution in [0.2, 0.25) is 0 Å². The van der Waals surface area contributed by atoms with E-state index in [0.29, 0.717) is 58.6 Å². The van der Waals surface area contributed by atoms with E-state index in [9.17, 15) is 21.9 Å². The first-order valence-corrected chi connectivity index (χ1v) is 19.0. The molecule has 0 N–H and O–H groups in total. The summed E-state index contributed by atoms with van der Waals surface area (Å²) in [5.74, 6) is 0.309. The third-order valence-electron chi connectivity index (χ3n) is 10.3. The van der Waals surface area contributed by atoms with Gasteiger partial charge in [0.05, 0.1) is 43.0 Å². The highest BCUT2D eigenvalue weighted by molar-refractivity contribution is 7.81. The van der Waals surface area contributed by atoms with Crippen molar-refractivity contribution in [2.45, 2.75) is 44.8 Å². The van der Waals surface area contributed by atoms with Gasteiger partial charge in [-0.3, -0.25) is 24.5 Å². The fourth-order valence-electron chi connectivity index (χ4n) is 7.62. The number of nitrogens with zero attached hydrogens (tertiary/aromatic N) is 6. The van der Waals surface area contributed by atoms with E-state index in [0.717, 1.165) is 22.6 Å². The van der Waals surface area contributed by atoms with Gasteiger partial charge in [-0.2, -0.15) is 8.42 Å². The quantitative estimate of drug-likeness (QED) is 0.179. The van der Waals surface area contributed by atoms with E-state index in [1.807, 2.05) is 35.9 Å². The second-order valence-corrected chi connectivity index (χ2v) is 14.8. The number of hydrogen-bond donors (Lipinski definition) is 0. The molecular formula is C40H33FN6O8S. The van der Waals surface area contributed by atoms with Gasteiger partial charge < -0.3 is 27.9 Å². The highest BCUT2D eigenvalue weighted by Crippen LogP contribution is 2.41. The first-order valence-electron chi connectivity index (χ1n) is 17.7. The predicted octanol–water partition coefficient (Wildman–Crippen LogP) is 5.42. The number of ether oxygens (including phenoxy) is 3. The summed E-state index contributed by atoms with van der Waals surface area (Å²) in [6.07, 6.45) is 5.99. The number of para-hydroxylation sites is 1. The van der Waals surface area contributed by atoms with Crippen molar-refractivity contribution in [3.8, 4) is 23.0 Å². The van der Waals surface area contributed by atoms with E-state index < -0.39 is 10.5 Å². The molecule has 0 aliphatic carbocycles. The minimum atomic E-state index is -5.35. The molecule has 5 aromatic rings. The van der Waals surface area contributed by atoms with Gasteiger partial charge in [-0.05, 0) is 65.2 Å². The lowest BCUT2D eigenvalue weighted by Crippen LogP contribution is -2.43. The largest absolute Gasteiger partial charge is 0.493 e. The lowest BCUT2D eigenvalue weighted by molar-refractivity contribution is 0.0647. The minimum Gasteiger partial charge on any atom is -0.493 e. The third kappa shape index (κ3) is 6.51. The topological polar surface area (TPSA) is 154 Å². The van der Waals surface area contributed by atoms with Crippen molar-refractivity contribution in [2.75, 3.05) is 12.0 Å². The number of anilines is 1. The molecule has 4 aliphatic rings. The number of carbonyl (C=O) groups excluding carboxylic acids is 2. The summed E-state index contributed by atoms with van der Waals surface area (Å²) in [6.45, 7) is 0.158. The number of aliphatic imine (C=N–C) groups is 2. The average Bonchev–Trinajstić information content (AvgIpc) is 3.66. The zero-order valence-electron chi connectivity index (χ0n) is 30.1. The standard InChI is InChI=1S/C40H33FN6O8S/c1-45-22-44-33-19-46-38(16-35(33)45)43-17-26-13-28(7-8-30(26)39(46)48)53-20-23-9-24(11-29(10-23)55-56(41,50)51)21-54-37-15-32-31(14-36(37)52-2)40(49)47-27(18-42-32)12-25-5-3-4-6-34(25)47/h3-11,13-15,17-18,22,27,38H,12,16,19-21H2,1-2H3/t27-,38-/m0/s1. The number of carbonyl (C=O) groups is 2. The number of methoxy groups -OCH3 is 1. The molecule has 0 saturated carbocycles. The van der Waals surface area contributed by atoms with Crippen molar-refractivity contribution in [3.05, 3.63) is 124 Å². The molecule has 2 amide bonds. The molecule has 5 heterocycles. The van der Waals surface area contributed by atoms with Crippen LogP contribution in [0.5, 0.6) is 23.0 Å². The van der Waals surface area contributed by atoms with Crippen molar-refractivity contribution < 1.29 is 40.3 Å². The highest BCUT2D eigenvalue weighted by Gasteiger charge is 2.37. The summed E-state index contributed by atoms with van der Waals surface area (Å²) < 4.78 is 61.1. The Morgan fingerprint density at radius 2 is 1.68 bits per heavy atom. The van der Waals surface area contributed by atoms with E-state index in [4.69, 9.17) is 19.2 Å². The van der Waals surface area contributed by atoms with Gasteiger partial charge in [0.2, 0.25) is 0 Å². The van der Waals surface area contributed by atoms with Crippen LogP contribution in [-0.2, 0) is 50.2 Å². The average molecular weight is 777 g/mol. The van der Waals surface area contributed by atoms with Crippen LogP contribution in [0.15, 0.2) is 89.1 Å². The Balaban J connectivity index is 0.938. The van der Waals surface area contributed by atoms with Crippen molar-refractivity contribution in [3.63, 3.8) is 0 Å². The molecule has 9 rings (SSSR count). The van der Waals surface area contributed by atoms with Crippen molar-refractivity contribution in [1.82, 2.24) is 14.5 Å². The summed E-state index contributed by atoms with van der Waals surface area (Å²) in [5.41, 5.74) is 6.46. The molecule has 0 unspecified atom stereocenters. The van der Waals surface area contributed by atoms with Gasteiger partial charge in [-0.1, -0.05) is 22.1 Å². The normalized spacial score (nSPS) is 17.8. The van der Waals surface area contributed by atoms with E-state index in [-0.39, 0.29) is 54.5 Å². The van der Waals surface area contributed by atoms with Gasteiger partial charge in [-0.25, -0.2) is 4.98 Å². The number of imidazole rings is 1. The molecule has 284 valence electrons. The summed E-state index contributed by atoms with van der Waals surface area (Å²) in [6, 6.07) is 20.1. The summed E-state index contributed by atoms with van der Waals surface area (Å²) in [7, 11) is -1.98. The first kappa shape index (κ1) is 35.2. The van der Waals surface area contributed by atoms with Crippen LogP contribution in [0.4, 0.5) is 15.3 Å². The number of rotatable bonds is 9. The molecule has 4 aliphatic heterocycles. The summed E-state index contributed by atoms with van der Waals surface area (Å²) in [5, 5.41) is 0. The monoisotopic (exact) mass is 776 g/mol. The van der Waals surface area contributed by atoms with Gasteiger partial charge >= 0.3 is 10.5 Å². The zero-order valence-corrected chi connectivity index (χ0v) is 30.9. The van der Waals surface area contributed by atoms with Crippen molar-refractivity contribution in [2.24, 2.45) is 17.0 Å². The maximum Gasteiger partial charge on any atom is 0.488 e. The Labute approximate surface area is 320 Å². The SMILES string of the molecule is COc1cc2c(cc1OCc1cc(COc3ccc4c(c3)C=N[C@@H]3Cc5c(ncn5C)CN3C4=O)cc(OS(=O)(=O)F)c1)N=C[C@@H]1Cc3ccccc3N1C2=O. The minimum absolute atomic E-state index is 0.0735. The van der Waals surface area contributed by atoms with Gasteiger partial charge in [-0.15, -0.1) is 0 Å². The van der Waals surface area contributed by atoms with Gasteiger partial charge in [0.25, 0.3) is 11.8 Å². The van der Waals surface area contributed by atoms with Crippen molar-refractivity contribution >= 4 is 46.1 Å². The number of halogens is 1. The smallest absolute Gasteiger partial charge is 0.488 e. The van der Waals surface area contributed by atoms with Crippen LogP contribution in [0.1, 0.15) is 54.4 Å². The Morgan fingerprint density at radius 3 is 2.48 bits per heavy atom. The van der Waals surface area contributed by atoms with Crippen LogP contribution < -0.4 is 23.3 Å². The highest BCUT2D eigenvalue weighted by atomic mass is 32.3. The molecule has 56 heavy (non-hydrogen) atoms. The molecule has 16 heteroatoms. The maximum atomic E-state index is 13.8. The molecule has 14 nitrogen and oxygen atoms in total. The number of aromatic nitrogens is 2. The Morgan fingerprint density at radius 1 is 0.875 bits per heavy atom. The third-order valence-corrected chi connectivity index (χ3v) is 10.6. The zero-order chi connectivity index (χ0) is 38.7. The lowest BCUT2D eigenvalue weighted by Gasteiger charge is -2.32. The fourth-order valence-corrected chi connectivity index (χ4v) is 7.94. The van der Waals surface area contributed by atoms with Crippen LogP contribution in [0.3, 0.4) is 0 Å². The maximum absolute atomic E-state index is 13.8. The fraction of sp³-hybridized carbons (Fsp3) is 0.225. The molecule has 0 bridgehead atoms. The number of aryl methyl sites for hydroxylation is 1. The number of hydrogen-bond acceptors (Lipinski definition) is 11. The van der Waals surface area contributed by atoms with Crippen LogP contribution >= 0.6 is 0 Å². The van der Waals surface area contributed by atoms with Crippen LogP contribution in [-0.4, -0.2) is 66.4 Å². The Kier molecular flexibility index (Phi) is 8.56.